The fourth-order valence-electron chi connectivity index (χ4n) is 3.48. The van der Waals surface area contributed by atoms with Gasteiger partial charge in [-0.1, -0.05) is 41.9 Å². The summed E-state index contributed by atoms with van der Waals surface area (Å²) in [5, 5.41) is 14.9. The van der Waals surface area contributed by atoms with Gasteiger partial charge < -0.3 is 24.3 Å². The molecule has 6 nitrogen and oxygen atoms in total. The predicted molar refractivity (Wildman–Crippen MR) is 129 cm³/mol. The average molecular weight is 474 g/mol. The summed E-state index contributed by atoms with van der Waals surface area (Å²) < 4.78 is 16.1. The first-order valence-corrected chi connectivity index (χ1v) is 9.89. The molecule has 0 aliphatic heterocycles. The van der Waals surface area contributed by atoms with E-state index in [9.17, 15) is 9.90 Å². The van der Waals surface area contributed by atoms with Crippen LogP contribution in [0.15, 0.2) is 69.9 Å². The van der Waals surface area contributed by atoms with E-state index in [0.29, 0.717) is 33.4 Å². The number of aromatic hydroxyl groups is 1. The lowest BCUT2D eigenvalue weighted by Crippen LogP contribution is -2.05. The van der Waals surface area contributed by atoms with Crippen molar-refractivity contribution in [1.29, 1.82) is 0 Å². The molecule has 0 aliphatic rings. The molecule has 4 rings (SSSR count). The molecule has 0 atom stereocenters. The van der Waals surface area contributed by atoms with Crippen LogP contribution in [0, 0.1) is 0 Å². The molecule has 0 aliphatic carbocycles. The second-order valence-electron chi connectivity index (χ2n) is 6.83. The molecule has 4 aromatic rings. The second kappa shape index (κ2) is 9.85. The highest BCUT2D eigenvalue weighted by molar-refractivity contribution is 6.32. The zero-order valence-corrected chi connectivity index (χ0v) is 18.9. The third-order valence-electron chi connectivity index (χ3n) is 5.01. The molecule has 0 bridgehead atoms. The largest absolute Gasteiger partial charge is 0.507 e. The molecular weight excluding hydrogens is 453 g/mol. The maximum atomic E-state index is 12.3. The van der Waals surface area contributed by atoms with Crippen LogP contribution in [0.1, 0.15) is 5.56 Å². The lowest BCUT2D eigenvalue weighted by atomic mass is 9.99. The van der Waals surface area contributed by atoms with Crippen LogP contribution in [0.5, 0.6) is 17.2 Å². The van der Waals surface area contributed by atoms with Crippen molar-refractivity contribution in [2.24, 2.45) is 0 Å². The van der Waals surface area contributed by atoms with E-state index in [2.05, 4.69) is 5.32 Å². The van der Waals surface area contributed by atoms with E-state index in [0.717, 1.165) is 16.5 Å². The van der Waals surface area contributed by atoms with Crippen molar-refractivity contribution in [3.05, 3.63) is 81.7 Å². The molecule has 0 spiro atoms. The number of phenols is 1. The molecule has 32 heavy (non-hydrogen) atoms. The Balaban J connectivity index is 0.00000289. The number of fused-ring (bicyclic) bond motifs is 1. The molecule has 0 saturated heterocycles. The Morgan fingerprint density at radius 3 is 2.41 bits per heavy atom. The third kappa shape index (κ3) is 4.47. The predicted octanol–water partition coefficient (Wildman–Crippen LogP) is 5.87. The van der Waals surface area contributed by atoms with Gasteiger partial charge in [-0.25, -0.2) is 4.79 Å². The van der Waals surface area contributed by atoms with Gasteiger partial charge in [0.15, 0.2) is 0 Å². The second-order valence-corrected chi connectivity index (χ2v) is 7.23. The number of rotatable bonds is 6. The maximum Gasteiger partial charge on any atom is 0.336 e. The van der Waals surface area contributed by atoms with Crippen LogP contribution >= 0.6 is 24.0 Å². The SMILES string of the molecule is COc1cc(OC)c(NCc2c(O)ccc3c(-c4ccccc4)cc(=O)oc23)cc1Cl.Cl. The number of benzene rings is 3. The van der Waals surface area contributed by atoms with Gasteiger partial charge in [-0.2, -0.15) is 0 Å². The molecule has 166 valence electrons. The Labute approximate surface area is 195 Å². The lowest BCUT2D eigenvalue weighted by Gasteiger charge is -2.15. The van der Waals surface area contributed by atoms with Crippen LogP contribution in [0.4, 0.5) is 5.69 Å². The van der Waals surface area contributed by atoms with Crippen molar-refractivity contribution in [3.63, 3.8) is 0 Å². The van der Waals surface area contributed by atoms with Crippen molar-refractivity contribution in [2.75, 3.05) is 19.5 Å². The van der Waals surface area contributed by atoms with E-state index in [1.807, 2.05) is 30.3 Å². The van der Waals surface area contributed by atoms with Gasteiger partial charge in [0.1, 0.15) is 22.8 Å². The van der Waals surface area contributed by atoms with Crippen LogP contribution in [0.2, 0.25) is 5.02 Å². The summed E-state index contributed by atoms with van der Waals surface area (Å²) in [4.78, 5) is 12.3. The topological polar surface area (TPSA) is 80.9 Å². The molecule has 0 fully saturated rings. The van der Waals surface area contributed by atoms with Gasteiger partial charge in [0, 0.05) is 24.1 Å². The van der Waals surface area contributed by atoms with Crippen molar-refractivity contribution in [3.8, 4) is 28.4 Å². The van der Waals surface area contributed by atoms with E-state index in [1.165, 1.54) is 20.3 Å². The van der Waals surface area contributed by atoms with Crippen molar-refractivity contribution < 1.29 is 19.0 Å². The average Bonchev–Trinajstić information content (AvgIpc) is 2.78. The summed E-state index contributed by atoms with van der Waals surface area (Å²) in [7, 11) is 3.06. The first kappa shape index (κ1) is 23.3. The molecule has 3 aromatic carbocycles. The number of ether oxygens (including phenoxy) is 2. The number of nitrogens with one attached hydrogen (secondary N) is 1. The summed E-state index contributed by atoms with van der Waals surface area (Å²) in [6.07, 6.45) is 0. The molecule has 0 saturated carbocycles. The van der Waals surface area contributed by atoms with Gasteiger partial charge in [0.25, 0.3) is 0 Å². The summed E-state index contributed by atoms with van der Waals surface area (Å²) in [6, 6.07) is 17.7. The molecule has 1 aromatic heterocycles. The van der Waals surface area contributed by atoms with Crippen molar-refractivity contribution in [2.45, 2.75) is 6.54 Å². The minimum atomic E-state index is -0.497. The maximum absolute atomic E-state index is 12.3. The third-order valence-corrected chi connectivity index (χ3v) is 5.30. The monoisotopic (exact) mass is 473 g/mol. The van der Waals surface area contributed by atoms with Crippen LogP contribution in [0.25, 0.3) is 22.1 Å². The quantitative estimate of drug-likeness (QED) is 0.340. The van der Waals surface area contributed by atoms with Crippen LogP contribution in [-0.4, -0.2) is 19.3 Å². The van der Waals surface area contributed by atoms with Crippen LogP contribution in [-0.2, 0) is 6.54 Å². The Hall–Kier alpha value is -3.35. The normalized spacial score (nSPS) is 10.5. The van der Waals surface area contributed by atoms with E-state index < -0.39 is 5.63 Å². The highest BCUT2D eigenvalue weighted by Crippen LogP contribution is 2.38. The van der Waals surface area contributed by atoms with E-state index >= 15 is 0 Å². The van der Waals surface area contributed by atoms with Crippen molar-refractivity contribution >= 4 is 40.7 Å². The van der Waals surface area contributed by atoms with Gasteiger partial charge in [0.05, 0.1) is 30.5 Å². The highest BCUT2D eigenvalue weighted by atomic mass is 35.5. The number of hydrogen-bond acceptors (Lipinski definition) is 6. The van der Waals surface area contributed by atoms with E-state index in [-0.39, 0.29) is 24.7 Å². The van der Waals surface area contributed by atoms with Gasteiger partial charge in [0.2, 0.25) is 0 Å². The minimum absolute atomic E-state index is 0. The first-order chi connectivity index (χ1) is 15.0. The Kier molecular flexibility index (Phi) is 7.18. The molecule has 0 amide bonds. The Bertz CT molecular complexity index is 1310. The number of hydrogen-bond donors (Lipinski definition) is 2. The van der Waals surface area contributed by atoms with E-state index in [1.54, 1.807) is 24.3 Å². The Morgan fingerprint density at radius 2 is 1.72 bits per heavy atom. The summed E-state index contributed by atoms with van der Waals surface area (Å²) in [5.74, 6) is 1.01. The highest BCUT2D eigenvalue weighted by Gasteiger charge is 2.16. The molecule has 0 radical (unpaired) electrons. The molecule has 0 unspecified atom stereocenters. The number of anilines is 1. The molecule has 8 heteroatoms. The smallest absolute Gasteiger partial charge is 0.336 e. The van der Waals surface area contributed by atoms with E-state index in [4.69, 9.17) is 25.5 Å². The fraction of sp³-hybridized carbons (Fsp3) is 0.125. The first-order valence-electron chi connectivity index (χ1n) is 9.51. The molecule has 2 N–H and O–H groups in total. The Morgan fingerprint density at radius 1 is 1.00 bits per heavy atom. The summed E-state index contributed by atoms with van der Waals surface area (Å²) in [5.41, 5.74) is 2.49. The van der Waals surface area contributed by atoms with Crippen molar-refractivity contribution in [1.82, 2.24) is 0 Å². The van der Waals surface area contributed by atoms with Gasteiger partial charge in [-0.15, -0.1) is 12.4 Å². The number of phenolic OH excluding ortho intramolecular Hbond substituents is 1. The minimum Gasteiger partial charge on any atom is -0.507 e. The fourth-order valence-corrected chi connectivity index (χ4v) is 3.72. The zero-order valence-electron chi connectivity index (χ0n) is 17.3. The van der Waals surface area contributed by atoms with Gasteiger partial charge in [-0.3, -0.25) is 0 Å². The number of methoxy groups -OCH3 is 2. The standard InChI is InChI=1S/C24H20ClNO5.ClH/c1-29-21-12-22(30-2)19(11-18(21)25)26-13-17-20(27)9-8-15-16(10-23(28)31-24(15)17)14-6-4-3-5-7-14;/h3-12,26-27H,13H2,1-2H3;1H. The summed E-state index contributed by atoms with van der Waals surface area (Å²) in [6.45, 7) is 0.170. The van der Waals surface area contributed by atoms with Crippen LogP contribution < -0.4 is 20.4 Å². The zero-order chi connectivity index (χ0) is 22.0. The summed E-state index contributed by atoms with van der Waals surface area (Å²) >= 11 is 6.25. The molecule has 1 heterocycles. The lowest BCUT2D eigenvalue weighted by molar-refractivity contribution is 0.395. The van der Waals surface area contributed by atoms with Gasteiger partial charge in [-0.05, 0) is 29.3 Å². The molecular formula is C24H21Cl2NO5. The van der Waals surface area contributed by atoms with Gasteiger partial charge >= 0.3 is 5.63 Å². The number of halogens is 2. The van der Waals surface area contributed by atoms with Crippen LogP contribution in [0.3, 0.4) is 0 Å².